The summed E-state index contributed by atoms with van der Waals surface area (Å²) >= 11 is 0. The molecule has 0 unspecified atom stereocenters. The van der Waals surface area contributed by atoms with Gasteiger partial charge in [0.15, 0.2) is 0 Å². The summed E-state index contributed by atoms with van der Waals surface area (Å²) in [5, 5.41) is 2.98. The van der Waals surface area contributed by atoms with Crippen LogP contribution in [0.15, 0.2) is 72.4 Å². The maximum absolute atomic E-state index is 14.6. The molecule has 174 valence electrons. The van der Waals surface area contributed by atoms with Crippen molar-refractivity contribution in [1.82, 2.24) is 0 Å². The van der Waals surface area contributed by atoms with E-state index in [0.29, 0.717) is 27.6 Å². The third kappa shape index (κ3) is 4.34. The Hall–Kier alpha value is -4.20. The van der Waals surface area contributed by atoms with Crippen LogP contribution in [0.25, 0.3) is 5.57 Å². The van der Waals surface area contributed by atoms with E-state index < -0.39 is 29.1 Å². The summed E-state index contributed by atoms with van der Waals surface area (Å²) in [6, 6.07) is 16.1. The zero-order valence-electron chi connectivity index (χ0n) is 18.8. The van der Waals surface area contributed by atoms with Gasteiger partial charge in [-0.3, -0.25) is 9.59 Å². The first-order valence-electron chi connectivity index (χ1n) is 10.6. The maximum atomic E-state index is 14.6. The summed E-state index contributed by atoms with van der Waals surface area (Å²) in [5.74, 6) is -2.33. The van der Waals surface area contributed by atoms with Crippen molar-refractivity contribution in [2.45, 2.75) is 20.0 Å². The molecule has 0 atom stereocenters. The standard InChI is InChI=1S/C26H22F2N2O4/c1-15(2)34-18-11-9-17(10-12-18)29-24-23(19-6-4-5-7-22(19)33-3)25(31)30(26(24)32)21-14-16(27)8-13-20(21)28/h4-15,29H,1-3H3. The van der Waals surface area contributed by atoms with E-state index in [1.807, 2.05) is 13.8 Å². The molecular formula is C26H22F2N2O4. The lowest BCUT2D eigenvalue weighted by Crippen LogP contribution is -2.33. The largest absolute Gasteiger partial charge is 0.496 e. The quantitative estimate of drug-likeness (QED) is 0.490. The number of benzene rings is 3. The molecular weight excluding hydrogens is 442 g/mol. The van der Waals surface area contributed by atoms with Crippen LogP contribution >= 0.6 is 0 Å². The summed E-state index contributed by atoms with van der Waals surface area (Å²) < 4.78 is 39.5. The van der Waals surface area contributed by atoms with Gasteiger partial charge in [0, 0.05) is 17.3 Å². The number of nitrogens with one attached hydrogen (secondary N) is 1. The number of para-hydroxylation sites is 1. The first-order chi connectivity index (χ1) is 16.3. The predicted molar refractivity (Wildman–Crippen MR) is 125 cm³/mol. The zero-order chi connectivity index (χ0) is 24.4. The molecule has 0 saturated heterocycles. The summed E-state index contributed by atoms with van der Waals surface area (Å²) in [4.78, 5) is 27.5. The molecule has 4 rings (SSSR count). The van der Waals surface area contributed by atoms with Gasteiger partial charge in [-0.1, -0.05) is 18.2 Å². The predicted octanol–water partition coefficient (Wildman–Crippen LogP) is 5.16. The molecule has 6 nitrogen and oxygen atoms in total. The van der Waals surface area contributed by atoms with E-state index in [2.05, 4.69) is 5.32 Å². The SMILES string of the molecule is COc1ccccc1C1=C(Nc2ccc(OC(C)C)cc2)C(=O)N(c2cc(F)ccc2F)C1=O. The van der Waals surface area contributed by atoms with E-state index in [4.69, 9.17) is 9.47 Å². The molecule has 0 bridgehead atoms. The molecule has 1 N–H and O–H groups in total. The van der Waals surface area contributed by atoms with E-state index in [1.54, 1.807) is 48.5 Å². The second-order valence-electron chi connectivity index (χ2n) is 7.81. The van der Waals surface area contributed by atoms with Gasteiger partial charge in [0.1, 0.15) is 28.8 Å². The Kier molecular flexibility index (Phi) is 6.32. The fraction of sp³-hybridized carbons (Fsp3) is 0.154. The van der Waals surface area contributed by atoms with Gasteiger partial charge in [-0.15, -0.1) is 0 Å². The Bertz CT molecular complexity index is 1290. The van der Waals surface area contributed by atoms with E-state index >= 15 is 0 Å². The molecule has 8 heteroatoms. The number of ether oxygens (including phenoxy) is 2. The molecule has 0 aliphatic carbocycles. The van der Waals surface area contributed by atoms with Gasteiger partial charge in [-0.2, -0.15) is 0 Å². The van der Waals surface area contributed by atoms with Gasteiger partial charge < -0.3 is 14.8 Å². The molecule has 0 spiro atoms. The Morgan fingerprint density at radius 1 is 0.912 bits per heavy atom. The van der Waals surface area contributed by atoms with Gasteiger partial charge in [-0.25, -0.2) is 13.7 Å². The third-order valence-corrected chi connectivity index (χ3v) is 5.10. The molecule has 34 heavy (non-hydrogen) atoms. The summed E-state index contributed by atoms with van der Waals surface area (Å²) in [6.07, 6.45) is -0.0116. The van der Waals surface area contributed by atoms with Crippen LogP contribution in [0.5, 0.6) is 11.5 Å². The molecule has 1 aliphatic rings. The van der Waals surface area contributed by atoms with Crippen LogP contribution in [-0.4, -0.2) is 25.0 Å². The van der Waals surface area contributed by atoms with Crippen LogP contribution in [0.1, 0.15) is 19.4 Å². The van der Waals surface area contributed by atoms with Crippen molar-refractivity contribution in [2.24, 2.45) is 0 Å². The Balaban J connectivity index is 1.81. The number of hydrogen-bond acceptors (Lipinski definition) is 5. The average Bonchev–Trinajstić information content (AvgIpc) is 3.05. The first kappa shape index (κ1) is 23.0. The van der Waals surface area contributed by atoms with E-state index in [-0.39, 0.29) is 17.4 Å². The van der Waals surface area contributed by atoms with Crippen molar-refractivity contribution in [1.29, 1.82) is 0 Å². The number of carbonyl (C=O) groups excluding carboxylic acids is 2. The number of amides is 2. The van der Waals surface area contributed by atoms with Gasteiger partial charge in [0.05, 0.1) is 24.5 Å². The molecule has 0 saturated carbocycles. The van der Waals surface area contributed by atoms with Crippen molar-refractivity contribution in [3.8, 4) is 11.5 Å². The zero-order valence-corrected chi connectivity index (χ0v) is 18.8. The highest BCUT2D eigenvalue weighted by Crippen LogP contribution is 2.38. The normalized spacial score (nSPS) is 13.6. The highest BCUT2D eigenvalue weighted by atomic mass is 19.1. The monoisotopic (exact) mass is 464 g/mol. The van der Waals surface area contributed by atoms with Crippen molar-refractivity contribution < 1.29 is 27.8 Å². The fourth-order valence-corrected chi connectivity index (χ4v) is 3.66. The molecule has 0 aromatic heterocycles. The number of imide groups is 1. The van der Waals surface area contributed by atoms with Crippen molar-refractivity contribution >= 4 is 28.8 Å². The number of rotatable bonds is 7. The van der Waals surface area contributed by atoms with Crippen molar-refractivity contribution in [3.05, 3.63) is 89.6 Å². The molecule has 0 radical (unpaired) electrons. The van der Waals surface area contributed by atoms with Crippen LogP contribution in [0, 0.1) is 11.6 Å². The van der Waals surface area contributed by atoms with E-state index in [9.17, 15) is 18.4 Å². The number of methoxy groups -OCH3 is 1. The fourth-order valence-electron chi connectivity index (χ4n) is 3.66. The molecule has 3 aromatic rings. The summed E-state index contributed by atoms with van der Waals surface area (Å²) in [5.41, 5.74) is 0.260. The first-order valence-corrected chi connectivity index (χ1v) is 10.6. The number of carbonyl (C=O) groups is 2. The minimum atomic E-state index is -0.904. The van der Waals surface area contributed by atoms with Gasteiger partial charge in [-0.05, 0) is 56.3 Å². The number of nitrogens with zero attached hydrogens (tertiary/aromatic N) is 1. The second kappa shape index (κ2) is 9.35. The van der Waals surface area contributed by atoms with Crippen molar-refractivity contribution in [2.75, 3.05) is 17.3 Å². The molecule has 2 amide bonds. The molecule has 1 aliphatic heterocycles. The number of hydrogen-bond donors (Lipinski definition) is 1. The van der Waals surface area contributed by atoms with E-state index in [0.717, 1.165) is 18.2 Å². The molecule has 3 aromatic carbocycles. The van der Waals surface area contributed by atoms with Crippen LogP contribution < -0.4 is 19.7 Å². The Labute approximate surface area is 195 Å². The highest BCUT2D eigenvalue weighted by molar-refractivity contribution is 6.46. The lowest BCUT2D eigenvalue weighted by molar-refractivity contribution is -0.120. The molecule has 1 heterocycles. The van der Waals surface area contributed by atoms with Crippen LogP contribution in [0.2, 0.25) is 0 Å². The average molecular weight is 464 g/mol. The Morgan fingerprint density at radius 2 is 1.62 bits per heavy atom. The lowest BCUT2D eigenvalue weighted by atomic mass is 10.0. The van der Waals surface area contributed by atoms with Crippen molar-refractivity contribution in [3.63, 3.8) is 0 Å². The van der Waals surface area contributed by atoms with Crippen LogP contribution in [0.3, 0.4) is 0 Å². The summed E-state index contributed by atoms with van der Waals surface area (Å²) in [6.45, 7) is 3.80. The third-order valence-electron chi connectivity index (χ3n) is 5.10. The van der Waals surface area contributed by atoms with Crippen LogP contribution in [-0.2, 0) is 9.59 Å². The van der Waals surface area contributed by atoms with Crippen LogP contribution in [0.4, 0.5) is 20.2 Å². The number of halogens is 2. The molecule has 0 fully saturated rings. The van der Waals surface area contributed by atoms with Gasteiger partial charge in [0.2, 0.25) is 0 Å². The minimum absolute atomic E-state index is 0.0116. The van der Waals surface area contributed by atoms with Gasteiger partial charge in [0.25, 0.3) is 11.8 Å². The maximum Gasteiger partial charge on any atom is 0.282 e. The second-order valence-corrected chi connectivity index (χ2v) is 7.81. The summed E-state index contributed by atoms with van der Waals surface area (Å²) in [7, 11) is 1.44. The smallest absolute Gasteiger partial charge is 0.282 e. The van der Waals surface area contributed by atoms with Gasteiger partial charge >= 0.3 is 0 Å². The Morgan fingerprint density at radius 3 is 2.29 bits per heavy atom. The minimum Gasteiger partial charge on any atom is -0.496 e. The lowest BCUT2D eigenvalue weighted by Gasteiger charge is -2.16. The van der Waals surface area contributed by atoms with E-state index in [1.165, 1.54) is 7.11 Å². The number of anilines is 2. The highest BCUT2D eigenvalue weighted by Gasteiger charge is 2.42. The topological polar surface area (TPSA) is 67.9 Å².